The maximum Gasteiger partial charge on any atom is 0.253 e. The van der Waals surface area contributed by atoms with Gasteiger partial charge in [0.1, 0.15) is 5.75 Å². The van der Waals surface area contributed by atoms with E-state index in [0.717, 1.165) is 4.47 Å². The Morgan fingerprint density at radius 2 is 2.24 bits per heavy atom. The maximum absolute atomic E-state index is 12.1. The van der Waals surface area contributed by atoms with Crippen molar-refractivity contribution in [2.45, 2.75) is 13.0 Å². The Balaban J connectivity index is 2.93. The van der Waals surface area contributed by atoms with Crippen molar-refractivity contribution in [1.82, 2.24) is 4.90 Å². The Morgan fingerprint density at radius 1 is 1.59 bits per heavy atom. The second-order valence-electron chi connectivity index (χ2n) is 3.77. The van der Waals surface area contributed by atoms with Crippen molar-refractivity contribution < 1.29 is 9.53 Å². The van der Waals surface area contributed by atoms with Gasteiger partial charge in [-0.3, -0.25) is 4.79 Å². The van der Waals surface area contributed by atoms with E-state index in [4.69, 9.17) is 16.3 Å². The Bertz CT molecular complexity index is 411. The lowest BCUT2D eigenvalue weighted by atomic mass is 10.2. The number of amides is 1. The Kier molecular flexibility index (Phi) is 5.28. The van der Waals surface area contributed by atoms with Crippen LogP contribution in [-0.4, -0.2) is 36.9 Å². The van der Waals surface area contributed by atoms with Crippen LogP contribution in [0, 0.1) is 0 Å². The number of halogens is 2. The molecule has 1 aromatic carbocycles. The summed E-state index contributed by atoms with van der Waals surface area (Å²) in [5, 5.41) is 0. The number of methoxy groups -OCH3 is 1. The SMILES string of the molecule is COc1ccc(C(=O)N(C)C(C)CCl)cc1Br. The fourth-order valence-corrected chi connectivity index (χ4v) is 2.05. The van der Waals surface area contributed by atoms with Crippen LogP contribution in [0.25, 0.3) is 0 Å². The van der Waals surface area contributed by atoms with E-state index in [-0.39, 0.29) is 11.9 Å². The van der Waals surface area contributed by atoms with E-state index >= 15 is 0 Å². The summed E-state index contributed by atoms with van der Waals surface area (Å²) in [6.07, 6.45) is 0. The zero-order chi connectivity index (χ0) is 13.0. The molecule has 1 unspecified atom stereocenters. The van der Waals surface area contributed by atoms with E-state index in [9.17, 15) is 4.79 Å². The second-order valence-corrected chi connectivity index (χ2v) is 4.93. The topological polar surface area (TPSA) is 29.5 Å². The highest BCUT2D eigenvalue weighted by Gasteiger charge is 2.17. The summed E-state index contributed by atoms with van der Waals surface area (Å²) < 4.78 is 5.88. The predicted octanol–water partition coefficient (Wildman–Crippen LogP) is 3.16. The number of ether oxygens (including phenoxy) is 1. The molecule has 0 bridgehead atoms. The highest BCUT2D eigenvalue weighted by atomic mass is 79.9. The van der Waals surface area contributed by atoms with E-state index in [0.29, 0.717) is 17.2 Å². The van der Waals surface area contributed by atoms with Crippen LogP contribution in [0.3, 0.4) is 0 Å². The zero-order valence-electron chi connectivity index (χ0n) is 10.0. The molecule has 94 valence electrons. The number of rotatable bonds is 4. The first-order valence-corrected chi connectivity index (χ1v) is 6.50. The van der Waals surface area contributed by atoms with Crippen molar-refractivity contribution in [2.24, 2.45) is 0 Å². The minimum Gasteiger partial charge on any atom is -0.496 e. The third kappa shape index (κ3) is 3.36. The highest BCUT2D eigenvalue weighted by Crippen LogP contribution is 2.26. The molecule has 5 heteroatoms. The Hall–Kier alpha value is -0.740. The number of benzene rings is 1. The van der Waals surface area contributed by atoms with Crippen LogP contribution >= 0.6 is 27.5 Å². The average Bonchev–Trinajstić information content (AvgIpc) is 2.35. The molecule has 0 N–H and O–H groups in total. The van der Waals surface area contributed by atoms with Crippen LogP contribution in [0.2, 0.25) is 0 Å². The fourth-order valence-electron chi connectivity index (χ4n) is 1.31. The minimum atomic E-state index is -0.0542. The van der Waals surface area contributed by atoms with Gasteiger partial charge in [-0.2, -0.15) is 0 Å². The number of carbonyl (C=O) groups excluding carboxylic acids is 1. The summed E-state index contributed by atoms with van der Waals surface area (Å²) in [6, 6.07) is 5.25. The largest absolute Gasteiger partial charge is 0.496 e. The number of hydrogen-bond acceptors (Lipinski definition) is 2. The average molecular weight is 321 g/mol. The lowest BCUT2D eigenvalue weighted by Crippen LogP contribution is -2.36. The second kappa shape index (κ2) is 6.26. The molecule has 17 heavy (non-hydrogen) atoms. The quantitative estimate of drug-likeness (QED) is 0.798. The molecule has 0 aromatic heterocycles. The standard InChI is InChI=1S/C12H15BrClNO2/c1-8(7-14)15(2)12(16)9-4-5-11(17-3)10(13)6-9/h4-6,8H,7H2,1-3H3. The van der Waals surface area contributed by atoms with Crippen LogP contribution in [-0.2, 0) is 0 Å². The van der Waals surface area contributed by atoms with Crippen molar-refractivity contribution in [3.63, 3.8) is 0 Å². The number of hydrogen-bond donors (Lipinski definition) is 0. The molecule has 0 radical (unpaired) electrons. The van der Waals surface area contributed by atoms with Gasteiger partial charge in [0, 0.05) is 24.5 Å². The maximum atomic E-state index is 12.1. The van der Waals surface area contributed by atoms with Crippen LogP contribution < -0.4 is 4.74 Å². The van der Waals surface area contributed by atoms with E-state index in [1.807, 2.05) is 6.92 Å². The Morgan fingerprint density at radius 3 is 2.71 bits per heavy atom. The first-order chi connectivity index (χ1) is 8.01. The van der Waals surface area contributed by atoms with Gasteiger partial charge in [-0.1, -0.05) is 0 Å². The van der Waals surface area contributed by atoms with E-state index in [1.165, 1.54) is 0 Å². The minimum absolute atomic E-state index is 0.00467. The molecule has 0 spiro atoms. The van der Waals surface area contributed by atoms with Gasteiger partial charge in [0.2, 0.25) is 0 Å². The third-order valence-electron chi connectivity index (χ3n) is 2.60. The smallest absolute Gasteiger partial charge is 0.253 e. The molecule has 1 aromatic rings. The molecule has 0 fully saturated rings. The molecule has 1 amide bonds. The fraction of sp³-hybridized carbons (Fsp3) is 0.417. The predicted molar refractivity (Wildman–Crippen MR) is 73.0 cm³/mol. The molecule has 1 atom stereocenters. The van der Waals surface area contributed by atoms with Crippen molar-refractivity contribution >= 4 is 33.4 Å². The molecule has 0 aliphatic carbocycles. The van der Waals surface area contributed by atoms with E-state index in [2.05, 4.69) is 15.9 Å². The van der Waals surface area contributed by atoms with Gasteiger partial charge in [-0.25, -0.2) is 0 Å². The summed E-state index contributed by atoms with van der Waals surface area (Å²) >= 11 is 9.09. The molecular weight excluding hydrogens is 305 g/mol. The number of nitrogens with zero attached hydrogens (tertiary/aromatic N) is 1. The van der Waals surface area contributed by atoms with Gasteiger partial charge in [-0.15, -0.1) is 11.6 Å². The zero-order valence-corrected chi connectivity index (χ0v) is 12.4. The van der Waals surface area contributed by atoms with Crippen LogP contribution in [0.5, 0.6) is 5.75 Å². The van der Waals surface area contributed by atoms with Crippen molar-refractivity contribution in [3.05, 3.63) is 28.2 Å². The molecule has 1 rings (SSSR count). The molecule has 3 nitrogen and oxygen atoms in total. The summed E-state index contributed by atoms with van der Waals surface area (Å²) in [6.45, 7) is 1.91. The highest BCUT2D eigenvalue weighted by molar-refractivity contribution is 9.10. The van der Waals surface area contributed by atoms with E-state index in [1.54, 1.807) is 37.3 Å². The normalized spacial score (nSPS) is 12.1. The van der Waals surface area contributed by atoms with Crippen LogP contribution in [0.1, 0.15) is 17.3 Å². The summed E-state index contributed by atoms with van der Waals surface area (Å²) in [5.74, 6) is 1.07. The van der Waals surface area contributed by atoms with Gasteiger partial charge in [-0.05, 0) is 41.1 Å². The first-order valence-electron chi connectivity index (χ1n) is 5.18. The van der Waals surface area contributed by atoms with Gasteiger partial charge in [0.05, 0.1) is 11.6 Å². The third-order valence-corrected chi connectivity index (χ3v) is 3.67. The number of alkyl halides is 1. The molecule has 0 aliphatic rings. The molecular formula is C12H15BrClNO2. The summed E-state index contributed by atoms with van der Waals surface area (Å²) in [5.41, 5.74) is 0.608. The van der Waals surface area contributed by atoms with Gasteiger partial charge in [0.15, 0.2) is 0 Å². The summed E-state index contributed by atoms with van der Waals surface area (Å²) in [4.78, 5) is 13.7. The van der Waals surface area contributed by atoms with E-state index < -0.39 is 0 Å². The Labute approximate surface area is 115 Å². The lowest BCUT2D eigenvalue weighted by Gasteiger charge is -2.23. The van der Waals surface area contributed by atoms with Gasteiger partial charge in [0.25, 0.3) is 5.91 Å². The molecule has 0 saturated heterocycles. The van der Waals surface area contributed by atoms with Crippen LogP contribution in [0.4, 0.5) is 0 Å². The monoisotopic (exact) mass is 319 g/mol. The molecule has 0 heterocycles. The summed E-state index contributed by atoms with van der Waals surface area (Å²) in [7, 11) is 3.33. The van der Waals surface area contributed by atoms with Crippen molar-refractivity contribution in [2.75, 3.05) is 20.0 Å². The molecule has 0 aliphatic heterocycles. The van der Waals surface area contributed by atoms with Gasteiger partial charge >= 0.3 is 0 Å². The lowest BCUT2D eigenvalue weighted by molar-refractivity contribution is 0.0756. The van der Waals surface area contributed by atoms with Crippen LogP contribution in [0.15, 0.2) is 22.7 Å². The van der Waals surface area contributed by atoms with Crippen molar-refractivity contribution in [3.8, 4) is 5.75 Å². The van der Waals surface area contributed by atoms with Gasteiger partial charge < -0.3 is 9.64 Å². The first kappa shape index (κ1) is 14.3. The van der Waals surface area contributed by atoms with Crippen molar-refractivity contribution in [1.29, 1.82) is 0 Å². The number of carbonyl (C=O) groups is 1. The molecule has 0 saturated carbocycles.